The molecule has 11 nitrogen and oxygen atoms in total. The molecule has 3 amide bonds. The highest BCUT2D eigenvalue weighted by molar-refractivity contribution is 7.94. The lowest BCUT2D eigenvalue weighted by molar-refractivity contribution is -0.0123. The van der Waals surface area contributed by atoms with Crippen molar-refractivity contribution in [2.75, 3.05) is 38.1 Å². The fourth-order valence-corrected chi connectivity index (χ4v) is 8.00. The number of aliphatic hydroxyl groups excluding tert-OH is 1. The Morgan fingerprint density at radius 2 is 1.87 bits per heavy atom. The smallest absolute Gasteiger partial charge is 0.317 e. The van der Waals surface area contributed by atoms with Gasteiger partial charge >= 0.3 is 6.03 Å². The van der Waals surface area contributed by atoms with E-state index in [9.17, 15) is 23.1 Å². The molecule has 0 saturated heterocycles. The Hall–Kier alpha value is -2.87. The first-order chi connectivity index (χ1) is 22.0. The van der Waals surface area contributed by atoms with Gasteiger partial charge in [0.1, 0.15) is 9.96 Å². The van der Waals surface area contributed by atoms with Crippen LogP contribution in [0.2, 0.25) is 0 Å². The molecule has 1 aromatic carbocycles. The monoisotopic (exact) mass is 678 g/mol. The minimum absolute atomic E-state index is 0.129. The zero-order chi connectivity index (χ0) is 33.3. The highest BCUT2D eigenvalue weighted by Gasteiger charge is 2.31. The van der Waals surface area contributed by atoms with E-state index in [1.165, 1.54) is 18.6 Å². The molecule has 4 atom stereocenters. The number of likely N-dealkylation sites (N-methyl/N-ethyl adjacent to an activating group) is 1. The molecule has 0 unspecified atom stereocenters. The minimum atomic E-state index is -3.84. The third-order valence-electron chi connectivity index (χ3n) is 8.80. The van der Waals surface area contributed by atoms with Gasteiger partial charge in [-0.15, -0.1) is 11.3 Å². The molecule has 1 saturated carbocycles. The van der Waals surface area contributed by atoms with Crippen LogP contribution >= 0.6 is 11.3 Å². The van der Waals surface area contributed by atoms with Crippen molar-refractivity contribution in [3.63, 3.8) is 0 Å². The summed E-state index contributed by atoms with van der Waals surface area (Å²) in [5, 5.41) is 15.0. The standard InChI is InChI=1S/C33H50N4O7S2/c1-23-20-37(24(2)22-38)32(39)28-19-27(35-46(41,42)31-14-10-18-45-31)15-16-29(28)44-25(3)11-8-9-17-43-30(23)21-36(4)33(40)34-26-12-6-5-7-13-26/h10,14-16,18-19,23-26,30,35,38H,5-9,11-13,17,20-22H2,1-4H3,(H,34,40)/t23-,24-,25+,30+/m1/s1. The van der Waals surface area contributed by atoms with E-state index >= 15 is 0 Å². The number of ether oxygens (including phenoxy) is 2. The van der Waals surface area contributed by atoms with Gasteiger partial charge in [-0.1, -0.05) is 32.3 Å². The minimum Gasteiger partial charge on any atom is -0.490 e. The maximum atomic E-state index is 14.3. The van der Waals surface area contributed by atoms with Gasteiger partial charge in [0.2, 0.25) is 0 Å². The van der Waals surface area contributed by atoms with Gasteiger partial charge < -0.3 is 29.7 Å². The summed E-state index contributed by atoms with van der Waals surface area (Å²) in [4.78, 5) is 30.7. The van der Waals surface area contributed by atoms with E-state index in [0.717, 1.165) is 56.3 Å². The summed E-state index contributed by atoms with van der Waals surface area (Å²) in [6.45, 7) is 6.51. The Morgan fingerprint density at radius 3 is 2.57 bits per heavy atom. The van der Waals surface area contributed by atoms with E-state index in [-0.39, 0.29) is 58.8 Å². The molecule has 1 fully saturated rings. The van der Waals surface area contributed by atoms with Crippen LogP contribution in [-0.2, 0) is 14.8 Å². The maximum absolute atomic E-state index is 14.3. The lowest BCUT2D eigenvalue weighted by Gasteiger charge is -2.36. The quantitative estimate of drug-likeness (QED) is 0.344. The lowest BCUT2D eigenvalue weighted by Crippen LogP contribution is -2.50. The number of anilines is 1. The molecule has 0 spiro atoms. The number of hydrogen-bond donors (Lipinski definition) is 3. The van der Waals surface area contributed by atoms with Crippen LogP contribution in [0.4, 0.5) is 10.5 Å². The van der Waals surface area contributed by atoms with Crippen LogP contribution in [0.1, 0.15) is 82.5 Å². The normalized spacial score (nSPS) is 23.0. The first-order valence-electron chi connectivity index (χ1n) is 16.4. The summed E-state index contributed by atoms with van der Waals surface area (Å²) in [6.07, 6.45) is 7.25. The van der Waals surface area contributed by atoms with Gasteiger partial charge in [-0.05, 0) is 75.6 Å². The number of urea groups is 1. The summed E-state index contributed by atoms with van der Waals surface area (Å²) < 4.78 is 41.3. The van der Waals surface area contributed by atoms with E-state index in [2.05, 4.69) is 10.0 Å². The van der Waals surface area contributed by atoms with Crippen LogP contribution in [0.25, 0.3) is 0 Å². The van der Waals surface area contributed by atoms with E-state index in [4.69, 9.17) is 9.47 Å². The van der Waals surface area contributed by atoms with E-state index < -0.39 is 22.0 Å². The Morgan fingerprint density at radius 1 is 1.13 bits per heavy atom. The number of amides is 3. The number of nitrogens with zero attached hydrogens (tertiary/aromatic N) is 2. The fraction of sp³-hybridized carbons (Fsp3) is 0.636. The van der Waals surface area contributed by atoms with Crippen molar-refractivity contribution < 1.29 is 32.6 Å². The van der Waals surface area contributed by atoms with Gasteiger partial charge in [-0.3, -0.25) is 9.52 Å². The van der Waals surface area contributed by atoms with E-state index in [1.807, 2.05) is 13.8 Å². The molecule has 2 aromatic rings. The average Bonchev–Trinajstić information content (AvgIpc) is 3.59. The number of thiophene rings is 1. The number of benzene rings is 1. The van der Waals surface area contributed by atoms with Gasteiger partial charge in [-0.2, -0.15) is 0 Å². The van der Waals surface area contributed by atoms with Crippen molar-refractivity contribution >= 4 is 39.0 Å². The highest BCUT2D eigenvalue weighted by atomic mass is 32.2. The molecular weight excluding hydrogens is 629 g/mol. The predicted molar refractivity (Wildman–Crippen MR) is 180 cm³/mol. The SMILES string of the molecule is C[C@@H]1CN([C@H](C)CO)C(=O)c2cc(NS(=O)(=O)c3cccs3)ccc2O[C@@H](C)CCCCO[C@H]1CN(C)C(=O)NC1CCCCC1. The van der Waals surface area contributed by atoms with Gasteiger partial charge in [-0.25, -0.2) is 13.2 Å². The van der Waals surface area contributed by atoms with Crippen LogP contribution in [0.3, 0.4) is 0 Å². The first-order valence-corrected chi connectivity index (χ1v) is 18.8. The highest BCUT2D eigenvalue weighted by Crippen LogP contribution is 2.30. The molecule has 13 heteroatoms. The van der Waals surface area contributed by atoms with E-state index in [0.29, 0.717) is 18.9 Å². The molecule has 0 radical (unpaired) electrons. The van der Waals surface area contributed by atoms with Crippen molar-refractivity contribution in [2.45, 2.75) is 101 Å². The number of rotatable bonds is 8. The molecule has 4 rings (SSSR count). The first kappa shape index (κ1) is 36.0. The number of carbonyl (C=O) groups is 2. The number of carbonyl (C=O) groups excluding carboxylic acids is 2. The third-order valence-corrected chi connectivity index (χ3v) is 11.6. The Labute approximate surface area is 277 Å². The van der Waals surface area contributed by atoms with Crippen LogP contribution in [0.15, 0.2) is 39.9 Å². The number of aliphatic hydroxyl groups is 1. The molecule has 46 heavy (non-hydrogen) atoms. The van der Waals surface area contributed by atoms with Crippen LogP contribution < -0.4 is 14.8 Å². The molecule has 0 bridgehead atoms. The second-order valence-corrected chi connectivity index (χ2v) is 15.6. The molecule has 1 aromatic heterocycles. The van der Waals surface area contributed by atoms with Crippen LogP contribution in [0.5, 0.6) is 5.75 Å². The number of nitrogens with one attached hydrogen (secondary N) is 2. The van der Waals surface area contributed by atoms with Crippen molar-refractivity contribution in [1.29, 1.82) is 0 Å². The van der Waals surface area contributed by atoms with Gasteiger partial charge in [0.15, 0.2) is 0 Å². The molecule has 1 aliphatic heterocycles. The largest absolute Gasteiger partial charge is 0.490 e. The Bertz CT molecular complexity index is 1380. The summed E-state index contributed by atoms with van der Waals surface area (Å²) in [6, 6.07) is 7.41. The third kappa shape index (κ3) is 9.82. The van der Waals surface area contributed by atoms with Crippen molar-refractivity contribution in [1.82, 2.24) is 15.1 Å². The maximum Gasteiger partial charge on any atom is 0.317 e. The summed E-state index contributed by atoms with van der Waals surface area (Å²) >= 11 is 1.10. The van der Waals surface area contributed by atoms with Gasteiger partial charge in [0, 0.05) is 44.4 Å². The van der Waals surface area contributed by atoms with Gasteiger partial charge in [0.25, 0.3) is 15.9 Å². The van der Waals surface area contributed by atoms with Crippen molar-refractivity contribution in [3.8, 4) is 5.75 Å². The molecule has 2 aliphatic rings. The zero-order valence-corrected chi connectivity index (χ0v) is 29.1. The molecule has 1 aliphatic carbocycles. The Kier molecular flexibility index (Phi) is 13.1. The lowest BCUT2D eigenvalue weighted by atomic mass is 9.96. The topological polar surface area (TPSA) is 138 Å². The molecular formula is C33H50N4O7S2. The van der Waals surface area contributed by atoms with Crippen LogP contribution in [-0.4, -0.2) is 92.9 Å². The summed E-state index contributed by atoms with van der Waals surface area (Å²) in [7, 11) is -2.07. The van der Waals surface area contributed by atoms with Crippen molar-refractivity contribution in [3.05, 3.63) is 41.3 Å². The summed E-state index contributed by atoms with van der Waals surface area (Å²) in [5.74, 6) is -0.245. The average molecular weight is 679 g/mol. The second-order valence-electron chi connectivity index (χ2n) is 12.7. The van der Waals surface area contributed by atoms with Crippen molar-refractivity contribution in [2.24, 2.45) is 5.92 Å². The fourth-order valence-electron chi connectivity index (χ4n) is 5.96. The van der Waals surface area contributed by atoms with E-state index in [1.54, 1.807) is 47.4 Å². The number of fused-ring (bicyclic) bond motifs is 1. The zero-order valence-electron chi connectivity index (χ0n) is 27.4. The second kappa shape index (κ2) is 16.8. The molecule has 3 N–H and O–H groups in total. The summed E-state index contributed by atoms with van der Waals surface area (Å²) in [5.41, 5.74) is 0.429. The predicted octanol–water partition coefficient (Wildman–Crippen LogP) is 5.32. The molecule has 2 heterocycles. The van der Waals surface area contributed by atoms with Gasteiger partial charge in [0.05, 0.1) is 30.4 Å². The van der Waals surface area contributed by atoms with Crippen LogP contribution in [0, 0.1) is 5.92 Å². The number of sulfonamides is 1. The molecule has 256 valence electrons. The Balaban J connectivity index is 1.60. The number of hydrogen-bond acceptors (Lipinski definition) is 8.